The summed E-state index contributed by atoms with van der Waals surface area (Å²) in [6.07, 6.45) is 1.82. The van der Waals surface area contributed by atoms with Crippen LogP contribution in [0.2, 0.25) is 0 Å². The van der Waals surface area contributed by atoms with Crippen LogP contribution in [0.4, 0.5) is 0 Å². The predicted molar refractivity (Wildman–Crippen MR) is 53.8 cm³/mol. The first-order valence-corrected chi connectivity index (χ1v) is 5.20. The highest BCUT2D eigenvalue weighted by Crippen LogP contribution is 2.07. The van der Waals surface area contributed by atoms with Gasteiger partial charge in [-0.1, -0.05) is 6.92 Å². The van der Waals surface area contributed by atoms with Crippen LogP contribution in [0.5, 0.6) is 0 Å². The maximum Gasteiger partial charge on any atom is 0.147 e. The van der Waals surface area contributed by atoms with Gasteiger partial charge in [0.05, 0.1) is 6.54 Å². The fourth-order valence-electron chi connectivity index (χ4n) is 1.72. The zero-order valence-corrected chi connectivity index (χ0v) is 8.61. The molecule has 2 rings (SSSR count). The molecule has 0 aromatic carbocycles. The minimum atomic E-state index is 0.936. The summed E-state index contributed by atoms with van der Waals surface area (Å²) in [5.41, 5.74) is 0. The van der Waals surface area contributed by atoms with Crippen LogP contribution in [0.25, 0.3) is 0 Å². The zero-order valence-electron chi connectivity index (χ0n) is 8.61. The van der Waals surface area contributed by atoms with E-state index in [4.69, 9.17) is 0 Å². The Kier molecular flexibility index (Phi) is 3.10. The molecule has 0 spiro atoms. The minimum absolute atomic E-state index is 0.936. The summed E-state index contributed by atoms with van der Waals surface area (Å²) >= 11 is 0. The Bertz CT molecular complexity index is 282. The third-order valence-corrected chi connectivity index (χ3v) is 2.57. The first-order chi connectivity index (χ1) is 6.90. The highest BCUT2D eigenvalue weighted by Gasteiger charge is 2.16. The van der Waals surface area contributed by atoms with E-state index >= 15 is 0 Å². The lowest BCUT2D eigenvalue weighted by molar-refractivity contribution is 0.218. The number of nitrogens with zero attached hydrogens (tertiary/aromatic N) is 4. The number of aromatic nitrogens is 3. The van der Waals surface area contributed by atoms with Crippen molar-refractivity contribution < 1.29 is 0 Å². The van der Waals surface area contributed by atoms with Crippen molar-refractivity contribution >= 4 is 0 Å². The van der Waals surface area contributed by atoms with E-state index in [1.54, 1.807) is 0 Å². The van der Waals surface area contributed by atoms with Crippen molar-refractivity contribution in [2.45, 2.75) is 20.0 Å². The van der Waals surface area contributed by atoms with E-state index in [0.29, 0.717) is 0 Å². The first kappa shape index (κ1) is 9.61. The summed E-state index contributed by atoms with van der Waals surface area (Å²) in [6.45, 7) is 8.40. The van der Waals surface area contributed by atoms with Gasteiger partial charge in [-0.05, 0) is 6.54 Å². The Morgan fingerprint density at radius 3 is 3.29 bits per heavy atom. The molecule has 1 aromatic heterocycles. The van der Waals surface area contributed by atoms with Crippen LogP contribution in [0.1, 0.15) is 12.7 Å². The fourth-order valence-corrected chi connectivity index (χ4v) is 1.72. The summed E-state index contributed by atoms with van der Waals surface area (Å²) < 4.78 is 2.13. The summed E-state index contributed by atoms with van der Waals surface area (Å²) in [4.78, 5) is 2.41. The van der Waals surface area contributed by atoms with Gasteiger partial charge in [-0.2, -0.15) is 0 Å². The van der Waals surface area contributed by atoms with Crippen LogP contribution in [0.15, 0.2) is 6.33 Å². The molecule has 0 aliphatic carbocycles. The number of likely N-dealkylation sites (N-methyl/N-ethyl adjacent to an activating group) is 1. The maximum atomic E-state index is 4.09. The number of hydrogen-bond donors (Lipinski definition) is 1. The molecule has 1 aliphatic rings. The molecule has 5 nitrogen and oxygen atoms in total. The second-order valence-electron chi connectivity index (χ2n) is 3.57. The van der Waals surface area contributed by atoms with E-state index in [1.807, 2.05) is 6.33 Å². The van der Waals surface area contributed by atoms with Crippen molar-refractivity contribution in [1.82, 2.24) is 25.0 Å². The smallest absolute Gasteiger partial charge is 0.147 e. The number of hydrogen-bond acceptors (Lipinski definition) is 4. The molecule has 0 fully saturated rings. The van der Waals surface area contributed by atoms with E-state index in [1.165, 1.54) is 0 Å². The fraction of sp³-hybridized carbons (Fsp3) is 0.778. The van der Waals surface area contributed by atoms with Gasteiger partial charge < -0.3 is 9.88 Å². The van der Waals surface area contributed by atoms with Gasteiger partial charge in [-0.25, -0.2) is 0 Å². The molecule has 1 N–H and O–H groups in total. The van der Waals surface area contributed by atoms with Gasteiger partial charge in [0, 0.05) is 26.2 Å². The second kappa shape index (κ2) is 4.52. The number of fused-ring (bicyclic) bond motifs is 1. The highest BCUT2D eigenvalue weighted by molar-refractivity contribution is 4.89. The first-order valence-electron chi connectivity index (χ1n) is 5.20. The SMILES string of the molecule is CCNCCN1CCn2cnnc2C1. The van der Waals surface area contributed by atoms with Crippen molar-refractivity contribution in [2.24, 2.45) is 0 Å². The van der Waals surface area contributed by atoms with E-state index in [0.717, 1.165) is 45.1 Å². The summed E-state index contributed by atoms with van der Waals surface area (Å²) in [7, 11) is 0. The number of nitrogens with one attached hydrogen (secondary N) is 1. The summed E-state index contributed by atoms with van der Waals surface area (Å²) in [6, 6.07) is 0. The molecule has 1 aliphatic heterocycles. The zero-order chi connectivity index (χ0) is 9.80. The van der Waals surface area contributed by atoms with Crippen molar-refractivity contribution in [3.8, 4) is 0 Å². The molecule has 5 heteroatoms. The topological polar surface area (TPSA) is 46.0 Å². The van der Waals surface area contributed by atoms with Crippen LogP contribution < -0.4 is 5.32 Å². The molecule has 0 amide bonds. The Balaban J connectivity index is 1.82. The molecule has 0 unspecified atom stereocenters. The van der Waals surface area contributed by atoms with Crippen molar-refractivity contribution in [2.75, 3.05) is 26.2 Å². The van der Waals surface area contributed by atoms with Gasteiger partial charge in [0.2, 0.25) is 0 Å². The van der Waals surface area contributed by atoms with Gasteiger partial charge in [0.1, 0.15) is 12.2 Å². The molecular weight excluding hydrogens is 178 g/mol. The Morgan fingerprint density at radius 1 is 1.50 bits per heavy atom. The molecule has 0 atom stereocenters. The molecule has 0 saturated carbocycles. The van der Waals surface area contributed by atoms with E-state index in [2.05, 4.69) is 31.9 Å². The monoisotopic (exact) mass is 195 g/mol. The lowest BCUT2D eigenvalue weighted by Gasteiger charge is -2.26. The lowest BCUT2D eigenvalue weighted by atomic mass is 10.3. The Morgan fingerprint density at radius 2 is 2.43 bits per heavy atom. The van der Waals surface area contributed by atoms with E-state index in [9.17, 15) is 0 Å². The van der Waals surface area contributed by atoms with Gasteiger partial charge in [-0.15, -0.1) is 10.2 Å². The Labute approximate surface area is 84.1 Å². The standard InChI is InChI=1S/C9H17N5/c1-2-10-3-4-13-5-6-14-8-11-12-9(14)7-13/h8,10H,2-7H2,1H3. The average molecular weight is 195 g/mol. The quantitative estimate of drug-likeness (QED) is 0.670. The van der Waals surface area contributed by atoms with Gasteiger partial charge in [-0.3, -0.25) is 4.90 Å². The third kappa shape index (κ3) is 2.10. The molecular formula is C9H17N5. The highest BCUT2D eigenvalue weighted by atomic mass is 15.3. The van der Waals surface area contributed by atoms with E-state index < -0.39 is 0 Å². The lowest BCUT2D eigenvalue weighted by Crippen LogP contribution is -2.38. The van der Waals surface area contributed by atoms with Gasteiger partial charge in [0.25, 0.3) is 0 Å². The minimum Gasteiger partial charge on any atom is -0.316 e. The van der Waals surface area contributed by atoms with Crippen molar-refractivity contribution in [3.63, 3.8) is 0 Å². The maximum absolute atomic E-state index is 4.09. The largest absolute Gasteiger partial charge is 0.316 e. The molecule has 0 radical (unpaired) electrons. The summed E-state index contributed by atoms with van der Waals surface area (Å²) in [5.74, 6) is 1.09. The average Bonchev–Trinajstić information content (AvgIpc) is 2.65. The number of rotatable bonds is 4. The van der Waals surface area contributed by atoms with Crippen LogP contribution in [-0.2, 0) is 13.1 Å². The molecule has 1 aromatic rings. The third-order valence-electron chi connectivity index (χ3n) is 2.57. The van der Waals surface area contributed by atoms with E-state index in [-0.39, 0.29) is 0 Å². The Hall–Kier alpha value is -0.940. The molecule has 2 heterocycles. The predicted octanol–water partition coefficient (Wildman–Crippen LogP) is -0.297. The van der Waals surface area contributed by atoms with Crippen LogP contribution >= 0.6 is 0 Å². The van der Waals surface area contributed by atoms with Gasteiger partial charge in [0.15, 0.2) is 0 Å². The van der Waals surface area contributed by atoms with Crippen LogP contribution in [-0.4, -0.2) is 45.8 Å². The summed E-state index contributed by atoms with van der Waals surface area (Å²) in [5, 5.41) is 11.3. The van der Waals surface area contributed by atoms with Crippen molar-refractivity contribution in [3.05, 3.63) is 12.2 Å². The molecule has 14 heavy (non-hydrogen) atoms. The second-order valence-corrected chi connectivity index (χ2v) is 3.57. The molecule has 0 bridgehead atoms. The van der Waals surface area contributed by atoms with Crippen molar-refractivity contribution in [1.29, 1.82) is 0 Å². The van der Waals surface area contributed by atoms with Crippen LogP contribution in [0, 0.1) is 0 Å². The van der Waals surface area contributed by atoms with Crippen LogP contribution in [0.3, 0.4) is 0 Å². The molecule has 78 valence electrons. The van der Waals surface area contributed by atoms with Gasteiger partial charge >= 0.3 is 0 Å². The normalized spacial score (nSPS) is 16.9. The molecule has 0 saturated heterocycles.